The van der Waals surface area contributed by atoms with Crippen molar-refractivity contribution in [1.29, 1.82) is 0 Å². The molecule has 0 unspecified atom stereocenters. The first-order chi connectivity index (χ1) is 5.75. The number of carboxylic acid groups (broad SMARTS) is 1. The Morgan fingerprint density at radius 3 is 2.62 bits per heavy atom. The Kier molecular flexibility index (Phi) is 6.54. The molecule has 0 saturated heterocycles. The quantitative estimate of drug-likeness (QED) is 0.597. The molecule has 0 saturated carbocycles. The van der Waals surface area contributed by atoms with Gasteiger partial charge in [-0.05, 0) is 18.1 Å². The molecule has 0 fully saturated rings. The van der Waals surface area contributed by atoms with Crippen LogP contribution in [0.25, 0.3) is 0 Å². The van der Waals surface area contributed by atoms with Gasteiger partial charge in [-0.25, -0.2) is 4.79 Å². The molecule has 0 heterocycles. The van der Waals surface area contributed by atoms with Crippen molar-refractivity contribution in [3.05, 3.63) is 48.0 Å². The summed E-state index contributed by atoms with van der Waals surface area (Å²) in [4.78, 5) is 10.7. The first-order valence-corrected chi connectivity index (χ1v) is 3.68. The molecule has 3 heteroatoms. The number of hydrogen-bond acceptors (Lipinski definition) is 1. The van der Waals surface area contributed by atoms with Gasteiger partial charge in [0.25, 0.3) is 0 Å². The third-order valence-electron chi connectivity index (χ3n) is 1.61. The van der Waals surface area contributed by atoms with Crippen LogP contribution in [0.3, 0.4) is 0 Å². The van der Waals surface area contributed by atoms with E-state index < -0.39 is 5.97 Å². The van der Waals surface area contributed by atoms with Crippen LogP contribution in [0, 0.1) is 0 Å². The fourth-order valence-corrected chi connectivity index (χ4v) is 1.06. The molecule has 1 rings (SSSR count). The van der Waals surface area contributed by atoms with Crippen LogP contribution in [-0.4, -0.2) is 62.5 Å². The number of rotatable bonds is 3. The summed E-state index contributed by atoms with van der Waals surface area (Å²) in [6.45, 7) is 3.56. The molecule has 0 aromatic heterocycles. The van der Waals surface area contributed by atoms with E-state index in [0.717, 1.165) is 5.56 Å². The van der Waals surface area contributed by atoms with Crippen molar-refractivity contribution in [3.8, 4) is 0 Å². The Labute approximate surface area is 120 Å². The average Bonchev–Trinajstić information content (AvgIpc) is 2.05. The fourth-order valence-electron chi connectivity index (χ4n) is 1.06. The molecule has 2 nitrogen and oxygen atoms in total. The monoisotopic (exact) mass is 201 g/mol. The number of aromatic carboxylic acids is 1. The zero-order valence-electron chi connectivity index (χ0n) is 7.66. The first kappa shape index (κ1) is 13.1. The van der Waals surface area contributed by atoms with Crippen molar-refractivity contribution in [3.63, 3.8) is 0 Å². The SMILES string of the molecule is C=CCc1ccccc1C(=O)O.[K]. The van der Waals surface area contributed by atoms with Gasteiger partial charge in [0.15, 0.2) is 0 Å². The maximum absolute atomic E-state index is 10.7. The maximum Gasteiger partial charge on any atom is 0.335 e. The number of hydrogen-bond donors (Lipinski definition) is 1. The third-order valence-corrected chi connectivity index (χ3v) is 1.61. The molecular formula is C10H10KO2. The van der Waals surface area contributed by atoms with Gasteiger partial charge in [0.05, 0.1) is 5.56 Å². The predicted octanol–water partition coefficient (Wildman–Crippen LogP) is 1.73. The van der Waals surface area contributed by atoms with Crippen LogP contribution in [0.5, 0.6) is 0 Å². The van der Waals surface area contributed by atoms with Gasteiger partial charge in [0.2, 0.25) is 0 Å². The van der Waals surface area contributed by atoms with Gasteiger partial charge in [-0.1, -0.05) is 24.3 Å². The second-order valence-electron chi connectivity index (χ2n) is 2.46. The van der Waals surface area contributed by atoms with Crippen molar-refractivity contribution in [2.45, 2.75) is 6.42 Å². The van der Waals surface area contributed by atoms with Crippen LogP contribution < -0.4 is 0 Å². The normalized spacial score (nSPS) is 8.62. The minimum atomic E-state index is -0.882. The van der Waals surface area contributed by atoms with Crippen LogP contribution >= 0.6 is 0 Å². The van der Waals surface area contributed by atoms with E-state index in [1.165, 1.54) is 0 Å². The molecule has 0 aliphatic carbocycles. The largest absolute Gasteiger partial charge is 0.478 e. The van der Waals surface area contributed by atoms with Crippen LogP contribution in [0.2, 0.25) is 0 Å². The van der Waals surface area contributed by atoms with Crippen molar-refractivity contribution in [1.82, 2.24) is 0 Å². The third kappa shape index (κ3) is 3.75. The topological polar surface area (TPSA) is 37.3 Å². The van der Waals surface area contributed by atoms with Crippen LogP contribution in [-0.2, 0) is 6.42 Å². The molecule has 0 aliphatic rings. The fraction of sp³-hybridized carbons (Fsp3) is 0.100. The summed E-state index contributed by atoms with van der Waals surface area (Å²) in [5, 5.41) is 8.76. The molecule has 0 spiro atoms. The molecule has 0 aliphatic heterocycles. The van der Waals surface area contributed by atoms with Gasteiger partial charge < -0.3 is 5.11 Å². The van der Waals surface area contributed by atoms with E-state index in [-0.39, 0.29) is 51.4 Å². The zero-order valence-corrected chi connectivity index (χ0v) is 10.8. The first-order valence-electron chi connectivity index (χ1n) is 3.68. The van der Waals surface area contributed by atoms with E-state index in [0.29, 0.717) is 12.0 Å². The minimum Gasteiger partial charge on any atom is -0.478 e. The standard InChI is InChI=1S/C10H10O2.K/c1-2-5-8-6-3-4-7-9(8)10(11)12;/h2-4,6-7H,1,5H2,(H,11,12);. The molecule has 13 heavy (non-hydrogen) atoms. The van der Waals surface area contributed by atoms with Crippen molar-refractivity contribution < 1.29 is 9.90 Å². The van der Waals surface area contributed by atoms with Gasteiger partial charge in [0.1, 0.15) is 0 Å². The number of carbonyl (C=O) groups is 1. The smallest absolute Gasteiger partial charge is 0.335 e. The van der Waals surface area contributed by atoms with Gasteiger partial charge in [-0.15, -0.1) is 6.58 Å². The van der Waals surface area contributed by atoms with Crippen molar-refractivity contribution in [2.75, 3.05) is 0 Å². The van der Waals surface area contributed by atoms with E-state index in [1.807, 2.05) is 6.07 Å². The van der Waals surface area contributed by atoms with Crippen LogP contribution in [0.4, 0.5) is 0 Å². The van der Waals surface area contributed by atoms with Crippen LogP contribution in [0.15, 0.2) is 36.9 Å². The van der Waals surface area contributed by atoms with E-state index in [4.69, 9.17) is 5.11 Å². The predicted molar refractivity (Wildman–Crippen MR) is 53.1 cm³/mol. The molecule has 1 aromatic rings. The number of benzene rings is 1. The molecule has 0 bridgehead atoms. The molecule has 1 aromatic carbocycles. The zero-order chi connectivity index (χ0) is 8.97. The number of allylic oxidation sites excluding steroid dienone is 1. The molecule has 1 N–H and O–H groups in total. The van der Waals surface area contributed by atoms with Crippen molar-refractivity contribution >= 4 is 57.4 Å². The molecular weight excluding hydrogens is 191 g/mol. The van der Waals surface area contributed by atoms with Crippen molar-refractivity contribution in [2.24, 2.45) is 0 Å². The summed E-state index contributed by atoms with van der Waals surface area (Å²) in [6.07, 6.45) is 2.30. The maximum atomic E-state index is 10.7. The molecule has 0 amide bonds. The summed E-state index contributed by atoms with van der Waals surface area (Å²) in [5.74, 6) is -0.882. The van der Waals surface area contributed by atoms with Gasteiger partial charge in [-0.2, -0.15) is 0 Å². The molecule has 1 radical (unpaired) electrons. The van der Waals surface area contributed by atoms with Gasteiger partial charge in [0, 0.05) is 51.4 Å². The molecule has 63 valence electrons. The molecule has 0 atom stereocenters. The van der Waals surface area contributed by atoms with E-state index in [2.05, 4.69) is 6.58 Å². The summed E-state index contributed by atoms with van der Waals surface area (Å²) >= 11 is 0. The Morgan fingerprint density at radius 1 is 1.46 bits per heavy atom. The Bertz CT molecular complexity index is 308. The Hall–Kier alpha value is 0.0664. The minimum absolute atomic E-state index is 0. The number of carboxylic acids is 1. The second kappa shape index (κ2) is 6.51. The van der Waals surface area contributed by atoms with Crippen LogP contribution in [0.1, 0.15) is 15.9 Å². The van der Waals surface area contributed by atoms with Gasteiger partial charge >= 0.3 is 5.97 Å². The summed E-state index contributed by atoms with van der Waals surface area (Å²) in [7, 11) is 0. The second-order valence-corrected chi connectivity index (χ2v) is 2.46. The van der Waals surface area contributed by atoms with E-state index in [9.17, 15) is 4.79 Å². The Balaban J connectivity index is 0.00000144. The Morgan fingerprint density at radius 2 is 2.08 bits per heavy atom. The van der Waals surface area contributed by atoms with Gasteiger partial charge in [-0.3, -0.25) is 0 Å². The summed E-state index contributed by atoms with van der Waals surface area (Å²) in [5.41, 5.74) is 1.16. The van der Waals surface area contributed by atoms with E-state index >= 15 is 0 Å². The average molecular weight is 201 g/mol. The van der Waals surface area contributed by atoms with E-state index in [1.54, 1.807) is 24.3 Å². The summed E-state index contributed by atoms with van der Waals surface area (Å²) < 4.78 is 0. The summed E-state index contributed by atoms with van der Waals surface area (Å²) in [6, 6.07) is 6.94.